The summed E-state index contributed by atoms with van der Waals surface area (Å²) in [7, 11) is -3.52. The fourth-order valence-electron chi connectivity index (χ4n) is 3.30. The van der Waals surface area contributed by atoms with Gasteiger partial charge in [-0.2, -0.15) is 0 Å². The maximum absolute atomic E-state index is 12.7. The number of furan rings is 1. The van der Waals surface area contributed by atoms with Crippen molar-refractivity contribution in [2.45, 2.75) is 10.6 Å². The summed E-state index contributed by atoms with van der Waals surface area (Å²) in [5.41, 5.74) is 0. The van der Waals surface area contributed by atoms with Gasteiger partial charge in [0, 0.05) is 32.4 Å². The van der Waals surface area contributed by atoms with Gasteiger partial charge in [0.15, 0.2) is 15.6 Å². The van der Waals surface area contributed by atoms with Crippen LogP contribution in [0.2, 0.25) is 0 Å². The molecule has 4 rings (SSSR count). The van der Waals surface area contributed by atoms with Gasteiger partial charge in [-0.3, -0.25) is 4.79 Å². The van der Waals surface area contributed by atoms with Crippen LogP contribution in [0.4, 0.5) is 5.82 Å². The van der Waals surface area contributed by atoms with E-state index in [1.54, 1.807) is 53.6 Å². The van der Waals surface area contributed by atoms with E-state index < -0.39 is 9.84 Å². The summed E-state index contributed by atoms with van der Waals surface area (Å²) < 4.78 is 30.5. The van der Waals surface area contributed by atoms with Gasteiger partial charge in [-0.15, -0.1) is 0 Å². The van der Waals surface area contributed by atoms with Crippen LogP contribution in [0.15, 0.2) is 76.2 Å². The van der Waals surface area contributed by atoms with Crippen molar-refractivity contribution in [1.29, 1.82) is 0 Å². The molecule has 0 saturated carbocycles. The molecule has 1 saturated heterocycles. The molecule has 0 unspecified atom stereocenters. The van der Waals surface area contributed by atoms with Crippen LogP contribution in [0.1, 0.15) is 16.3 Å². The van der Waals surface area contributed by atoms with Gasteiger partial charge in [0.1, 0.15) is 17.3 Å². The number of hydrogen-bond acceptors (Lipinski definition) is 6. The Morgan fingerprint density at radius 3 is 2.34 bits per heavy atom. The van der Waals surface area contributed by atoms with E-state index in [0.717, 1.165) is 5.82 Å². The van der Waals surface area contributed by atoms with Crippen molar-refractivity contribution in [3.05, 3.63) is 78.4 Å². The van der Waals surface area contributed by atoms with Crippen molar-refractivity contribution < 1.29 is 17.6 Å². The first-order valence-corrected chi connectivity index (χ1v) is 11.0. The molecule has 0 atom stereocenters. The van der Waals surface area contributed by atoms with Crippen LogP contribution < -0.4 is 4.90 Å². The Kier molecular flexibility index (Phi) is 5.35. The number of carbonyl (C=O) groups excluding carboxylic acids is 1. The van der Waals surface area contributed by atoms with E-state index in [1.165, 1.54) is 0 Å². The topological polar surface area (TPSA) is 83.7 Å². The minimum Gasteiger partial charge on any atom is -0.455 e. The molecule has 1 aromatic carbocycles. The molecule has 0 bridgehead atoms. The normalized spacial score (nSPS) is 14.8. The van der Waals surface area contributed by atoms with Gasteiger partial charge in [0.2, 0.25) is 0 Å². The minimum atomic E-state index is -3.52. The molecule has 1 aliphatic heterocycles. The first kappa shape index (κ1) is 19.2. The molecule has 0 spiro atoms. The maximum Gasteiger partial charge on any atom is 0.289 e. The average molecular weight is 411 g/mol. The summed E-state index contributed by atoms with van der Waals surface area (Å²) in [5, 5.41) is 0. The fourth-order valence-corrected chi connectivity index (χ4v) is 4.57. The third kappa shape index (κ3) is 4.32. The van der Waals surface area contributed by atoms with Crippen molar-refractivity contribution in [1.82, 2.24) is 9.88 Å². The Bertz CT molecular complexity index is 1070. The van der Waals surface area contributed by atoms with Gasteiger partial charge >= 0.3 is 0 Å². The Morgan fingerprint density at radius 1 is 0.931 bits per heavy atom. The van der Waals surface area contributed by atoms with E-state index in [0.29, 0.717) is 26.2 Å². The third-order valence-electron chi connectivity index (χ3n) is 4.85. The number of anilines is 1. The van der Waals surface area contributed by atoms with Crippen LogP contribution in [0, 0.1) is 0 Å². The average Bonchev–Trinajstić information content (AvgIpc) is 3.22. The molecular formula is C21H21N3O4S. The Morgan fingerprint density at radius 2 is 1.66 bits per heavy atom. The highest BCUT2D eigenvalue weighted by Crippen LogP contribution is 2.20. The second-order valence-electron chi connectivity index (χ2n) is 6.81. The highest BCUT2D eigenvalue weighted by molar-refractivity contribution is 7.90. The zero-order chi connectivity index (χ0) is 20.3. The number of carbonyl (C=O) groups is 1. The number of sulfone groups is 1. The van der Waals surface area contributed by atoms with Crippen LogP contribution in [0.25, 0.3) is 0 Å². The molecule has 1 aliphatic rings. The summed E-state index contributed by atoms with van der Waals surface area (Å²) in [5.74, 6) is 0.802. The van der Waals surface area contributed by atoms with E-state index >= 15 is 0 Å². The second-order valence-corrected chi connectivity index (χ2v) is 8.79. The number of aromatic nitrogens is 1. The van der Waals surface area contributed by atoms with Gasteiger partial charge in [-0.25, -0.2) is 13.4 Å². The van der Waals surface area contributed by atoms with Crippen LogP contribution in [-0.4, -0.2) is 50.4 Å². The summed E-state index contributed by atoms with van der Waals surface area (Å²) in [4.78, 5) is 21.2. The minimum absolute atomic E-state index is 0.162. The number of piperazine rings is 1. The molecule has 150 valence electrons. The van der Waals surface area contributed by atoms with Crippen LogP contribution in [0.5, 0.6) is 0 Å². The molecule has 0 N–H and O–H groups in total. The first-order chi connectivity index (χ1) is 14.0. The fraction of sp³-hybridized carbons (Fsp3) is 0.238. The third-order valence-corrected chi connectivity index (χ3v) is 6.50. The van der Waals surface area contributed by atoms with Crippen molar-refractivity contribution in [2.75, 3.05) is 31.1 Å². The SMILES string of the molecule is O=C(c1ccc(CS(=O)(=O)c2ccccc2)o1)N1CCN(c2ccccn2)CC1. The summed E-state index contributed by atoms with van der Waals surface area (Å²) >= 11 is 0. The molecule has 8 heteroatoms. The number of pyridine rings is 1. The zero-order valence-corrected chi connectivity index (χ0v) is 16.6. The highest BCUT2D eigenvalue weighted by atomic mass is 32.2. The highest BCUT2D eigenvalue weighted by Gasteiger charge is 2.25. The van der Waals surface area contributed by atoms with Gasteiger partial charge in [-0.05, 0) is 36.4 Å². The Labute approximate surface area is 169 Å². The lowest BCUT2D eigenvalue weighted by Gasteiger charge is -2.34. The monoisotopic (exact) mass is 411 g/mol. The standard InChI is InChI=1S/C21H21N3O4S/c25-21(24-14-12-23(13-15-24)20-8-4-5-11-22-20)19-10-9-17(28-19)16-29(26,27)18-6-2-1-3-7-18/h1-11H,12-16H2. The van der Waals surface area contributed by atoms with Gasteiger partial charge < -0.3 is 14.2 Å². The van der Waals surface area contributed by atoms with Gasteiger partial charge in [0.25, 0.3) is 5.91 Å². The molecule has 0 radical (unpaired) electrons. The largest absolute Gasteiger partial charge is 0.455 e. The molecule has 3 heterocycles. The quantitative estimate of drug-likeness (QED) is 0.642. The van der Waals surface area contributed by atoms with Crippen LogP contribution in [0.3, 0.4) is 0 Å². The molecule has 7 nitrogen and oxygen atoms in total. The van der Waals surface area contributed by atoms with E-state index in [1.807, 2.05) is 18.2 Å². The predicted molar refractivity (Wildman–Crippen MR) is 108 cm³/mol. The lowest BCUT2D eigenvalue weighted by molar-refractivity contribution is 0.0713. The summed E-state index contributed by atoms with van der Waals surface area (Å²) in [6.07, 6.45) is 1.75. The molecular weight excluding hydrogens is 390 g/mol. The first-order valence-electron chi connectivity index (χ1n) is 9.35. The van der Waals surface area contributed by atoms with Crippen molar-refractivity contribution in [3.63, 3.8) is 0 Å². The molecule has 3 aromatic rings. The van der Waals surface area contributed by atoms with Gasteiger partial charge in [0.05, 0.1) is 4.90 Å². The number of nitrogens with zero attached hydrogens (tertiary/aromatic N) is 3. The van der Waals surface area contributed by atoms with Gasteiger partial charge in [-0.1, -0.05) is 24.3 Å². The predicted octanol–water partition coefficient (Wildman–Crippen LogP) is 2.61. The van der Waals surface area contributed by atoms with E-state index in [-0.39, 0.29) is 28.1 Å². The summed E-state index contributed by atoms with van der Waals surface area (Å²) in [6, 6.07) is 17.1. The number of rotatable bonds is 5. The molecule has 2 aromatic heterocycles. The zero-order valence-electron chi connectivity index (χ0n) is 15.8. The lowest BCUT2D eigenvalue weighted by atomic mass is 10.2. The summed E-state index contributed by atoms with van der Waals surface area (Å²) in [6.45, 7) is 2.46. The van der Waals surface area contributed by atoms with Crippen LogP contribution >= 0.6 is 0 Å². The number of benzene rings is 1. The Hall–Kier alpha value is -3.13. The second kappa shape index (κ2) is 8.08. The molecule has 0 aliphatic carbocycles. The molecule has 1 fully saturated rings. The molecule has 1 amide bonds. The van der Waals surface area contributed by atoms with E-state index in [9.17, 15) is 13.2 Å². The van der Waals surface area contributed by atoms with Crippen molar-refractivity contribution in [2.24, 2.45) is 0 Å². The molecule has 29 heavy (non-hydrogen) atoms. The Balaban J connectivity index is 1.39. The lowest BCUT2D eigenvalue weighted by Crippen LogP contribution is -2.49. The van der Waals surface area contributed by atoms with Crippen molar-refractivity contribution in [3.8, 4) is 0 Å². The van der Waals surface area contributed by atoms with Crippen molar-refractivity contribution >= 4 is 21.6 Å². The van der Waals surface area contributed by atoms with Crippen LogP contribution in [-0.2, 0) is 15.6 Å². The van der Waals surface area contributed by atoms with E-state index in [4.69, 9.17) is 4.42 Å². The maximum atomic E-state index is 12.7. The van der Waals surface area contributed by atoms with E-state index in [2.05, 4.69) is 9.88 Å². The number of amides is 1. The smallest absolute Gasteiger partial charge is 0.289 e. The number of hydrogen-bond donors (Lipinski definition) is 0.